The van der Waals surface area contributed by atoms with E-state index in [0.29, 0.717) is 6.61 Å². The quantitative estimate of drug-likeness (QED) is 0.706. The molecule has 2 aromatic rings. The van der Waals surface area contributed by atoms with E-state index in [1.165, 1.54) is 17.5 Å². The van der Waals surface area contributed by atoms with Crippen molar-refractivity contribution >= 4 is 15.9 Å². The van der Waals surface area contributed by atoms with Crippen LogP contribution in [0.5, 0.6) is 5.75 Å². The summed E-state index contributed by atoms with van der Waals surface area (Å²) in [5.41, 5.74) is 2.62. The van der Waals surface area contributed by atoms with Crippen molar-refractivity contribution in [1.29, 1.82) is 0 Å². The van der Waals surface area contributed by atoms with Crippen LogP contribution in [0.3, 0.4) is 0 Å². The maximum absolute atomic E-state index is 5.87. The van der Waals surface area contributed by atoms with Gasteiger partial charge >= 0.3 is 0 Å². The highest BCUT2D eigenvalue weighted by atomic mass is 79.9. The van der Waals surface area contributed by atoms with E-state index in [2.05, 4.69) is 52.4 Å². The van der Waals surface area contributed by atoms with Crippen LogP contribution in [-0.4, -0.2) is 13.1 Å². The number of halogens is 1. The summed E-state index contributed by atoms with van der Waals surface area (Å²) in [5, 5.41) is 3.44. The Morgan fingerprint density at radius 1 is 0.952 bits per heavy atom. The molecule has 0 saturated carbocycles. The van der Waals surface area contributed by atoms with E-state index in [-0.39, 0.29) is 0 Å². The minimum absolute atomic E-state index is 0.617. The summed E-state index contributed by atoms with van der Waals surface area (Å²) in [5.74, 6) is 0.900. The van der Waals surface area contributed by atoms with Gasteiger partial charge in [0.1, 0.15) is 12.4 Å². The van der Waals surface area contributed by atoms with E-state index in [1.807, 2.05) is 24.3 Å². The van der Waals surface area contributed by atoms with Gasteiger partial charge in [0.15, 0.2) is 0 Å². The Bertz CT molecular complexity index is 539. The Morgan fingerprint density at radius 2 is 1.67 bits per heavy atom. The van der Waals surface area contributed by atoms with E-state index in [0.717, 1.165) is 29.7 Å². The Labute approximate surface area is 135 Å². The second-order valence-electron chi connectivity index (χ2n) is 5.01. The first-order chi connectivity index (χ1) is 10.3. The standard InChI is InChI=1S/C18H22BrNO/c1-2-12-20-13-11-15-5-3-4-6-16(15)14-21-18-9-7-17(19)8-10-18/h3-10,20H,2,11-14H2,1H3. The summed E-state index contributed by atoms with van der Waals surface area (Å²) in [7, 11) is 0. The van der Waals surface area contributed by atoms with Gasteiger partial charge in [0.25, 0.3) is 0 Å². The number of benzene rings is 2. The van der Waals surface area contributed by atoms with Crippen molar-refractivity contribution < 1.29 is 4.74 Å². The molecule has 0 aromatic heterocycles. The molecule has 0 amide bonds. The maximum atomic E-state index is 5.87. The largest absolute Gasteiger partial charge is 0.489 e. The fraction of sp³-hybridized carbons (Fsp3) is 0.333. The van der Waals surface area contributed by atoms with Gasteiger partial charge in [-0.3, -0.25) is 0 Å². The molecule has 3 heteroatoms. The van der Waals surface area contributed by atoms with E-state index in [4.69, 9.17) is 4.74 Å². The fourth-order valence-electron chi connectivity index (χ4n) is 2.16. The van der Waals surface area contributed by atoms with Crippen LogP contribution in [0.2, 0.25) is 0 Å². The molecule has 0 heterocycles. The molecule has 0 atom stereocenters. The summed E-state index contributed by atoms with van der Waals surface area (Å²) < 4.78 is 6.94. The summed E-state index contributed by atoms with van der Waals surface area (Å²) >= 11 is 3.43. The van der Waals surface area contributed by atoms with Crippen LogP contribution < -0.4 is 10.1 Å². The van der Waals surface area contributed by atoms with Crippen molar-refractivity contribution in [3.05, 3.63) is 64.1 Å². The van der Waals surface area contributed by atoms with Crippen LogP contribution >= 0.6 is 15.9 Å². The van der Waals surface area contributed by atoms with Gasteiger partial charge in [-0.15, -0.1) is 0 Å². The van der Waals surface area contributed by atoms with E-state index in [1.54, 1.807) is 0 Å². The average molecular weight is 348 g/mol. The molecule has 2 rings (SSSR count). The molecule has 0 fully saturated rings. The molecule has 0 unspecified atom stereocenters. The minimum Gasteiger partial charge on any atom is -0.489 e. The molecule has 0 saturated heterocycles. The van der Waals surface area contributed by atoms with Crippen molar-refractivity contribution in [2.75, 3.05) is 13.1 Å². The van der Waals surface area contributed by atoms with Gasteiger partial charge in [-0.05, 0) is 61.3 Å². The zero-order chi connectivity index (χ0) is 14.9. The molecule has 2 aromatic carbocycles. The summed E-state index contributed by atoms with van der Waals surface area (Å²) in [6.07, 6.45) is 2.22. The third kappa shape index (κ3) is 5.52. The van der Waals surface area contributed by atoms with Crippen LogP contribution in [-0.2, 0) is 13.0 Å². The Balaban J connectivity index is 1.91. The zero-order valence-corrected chi connectivity index (χ0v) is 14.0. The topological polar surface area (TPSA) is 21.3 Å². The third-order valence-electron chi connectivity index (χ3n) is 3.32. The molecule has 0 spiro atoms. The lowest BCUT2D eigenvalue weighted by molar-refractivity contribution is 0.305. The van der Waals surface area contributed by atoms with E-state index >= 15 is 0 Å². The van der Waals surface area contributed by atoms with Crippen LogP contribution in [0, 0.1) is 0 Å². The predicted octanol–water partition coefficient (Wildman–Crippen LogP) is 4.57. The second kappa shape index (κ2) is 8.85. The number of ether oxygens (including phenoxy) is 1. The molecule has 21 heavy (non-hydrogen) atoms. The SMILES string of the molecule is CCCNCCc1ccccc1COc1ccc(Br)cc1. The van der Waals surface area contributed by atoms with Gasteiger partial charge < -0.3 is 10.1 Å². The molecular formula is C18H22BrNO. The lowest BCUT2D eigenvalue weighted by Gasteiger charge is -2.11. The van der Waals surface area contributed by atoms with Crippen molar-refractivity contribution in [1.82, 2.24) is 5.32 Å². The Hall–Kier alpha value is -1.32. The second-order valence-corrected chi connectivity index (χ2v) is 5.93. The number of hydrogen-bond acceptors (Lipinski definition) is 2. The van der Waals surface area contributed by atoms with Crippen molar-refractivity contribution in [2.45, 2.75) is 26.4 Å². The molecular weight excluding hydrogens is 326 g/mol. The van der Waals surface area contributed by atoms with Crippen LogP contribution in [0.15, 0.2) is 53.0 Å². The maximum Gasteiger partial charge on any atom is 0.119 e. The molecule has 2 nitrogen and oxygen atoms in total. The molecule has 0 aliphatic rings. The van der Waals surface area contributed by atoms with Gasteiger partial charge in [0.2, 0.25) is 0 Å². The molecule has 0 radical (unpaired) electrons. The fourth-order valence-corrected chi connectivity index (χ4v) is 2.42. The lowest BCUT2D eigenvalue weighted by atomic mass is 10.1. The van der Waals surface area contributed by atoms with Crippen molar-refractivity contribution in [3.8, 4) is 5.75 Å². The number of hydrogen-bond donors (Lipinski definition) is 1. The van der Waals surface area contributed by atoms with Gasteiger partial charge in [-0.2, -0.15) is 0 Å². The molecule has 0 aliphatic carbocycles. The minimum atomic E-state index is 0.617. The van der Waals surface area contributed by atoms with E-state index < -0.39 is 0 Å². The summed E-state index contributed by atoms with van der Waals surface area (Å²) in [6.45, 7) is 4.90. The highest BCUT2D eigenvalue weighted by Gasteiger charge is 2.03. The molecule has 0 bridgehead atoms. The number of rotatable bonds is 8. The average Bonchev–Trinajstić information content (AvgIpc) is 2.52. The van der Waals surface area contributed by atoms with Crippen LogP contribution in [0.1, 0.15) is 24.5 Å². The van der Waals surface area contributed by atoms with Crippen LogP contribution in [0.25, 0.3) is 0 Å². The van der Waals surface area contributed by atoms with Gasteiger partial charge in [-0.25, -0.2) is 0 Å². The predicted molar refractivity (Wildman–Crippen MR) is 91.8 cm³/mol. The zero-order valence-electron chi connectivity index (χ0n) is 12.4. The highest BCUT2D eigenvalue weighted by Crippen LogP contribution is 2.18. The van der Waals surface area contributed by atoms with Gasteiger partial charge in [0, 0.05) is 4.47 Å². The van der Waals surface area contributed by atoms with Gasteiger partial charge in [-0.1, -0.05) is 47.1 Å². The number of nitrogens with one attached hydrogen (secondary N) is 1. The van der Waals surface area contributed by atoms with Crippen molar-refractivity contribution in [2.24, 2.45) is 0 Å². The molecule has 1 N–H and O–H groups in total. The summed E-state index contributed by atoms with van der Waals surface area (Å²) in [4.78, 5) is 0. The lowest BCUT2D eigenvalue weighted by Crippen LogP contribution is -2.18. The van der Waals surface area contributed by atoms with Gasteiger partial charge in [0.05, 0.1) is 0 Å². The monoisotopic (exact) mass is 347 g/mol. The molecule has 0 aliphatic heterocycles. The van der Waals surface area contributed by atoms with Crippen molar-refractivity contribution in [3.63, 3.8) is 0 Å². The van der Waals surface area contributed by atoms with E-state index in [9.17, 15) is 0 Å². The first kappa shape index (κ1) is 16.1. The van der Waals surface area contributed by atoms with Crippen LogP contribution in [0.4, 0.5) is 0 Å². The Kier molecular flexibility index (Phi) is 6.77. The third-order valence-corrected chi connectivity index (χ3v) is 3.85. The first-order valence-corrected chi connectivity index (χ1v) is 8.24. The first-order valence-electron chi connectivity index (χ1n) is 7.45. The normalized spacial score (nSPS) is 10.6. The summed E-state index contributed by atoms with van der Waals surface area (Å²) in [6, 6.07) is 16.5. The smallest absolute Gasteiger partial charge is 0.119 e. The highest BCUT2D eigenvalue weighted by molar-refractivity contribution is 9.10. The molecule has 112 valence electrons. The Morgan fingerprint density at radius 3 is 2.38 bits per heavy atom.